The fourth-order valence-corrected chi connectivity index (χ4v) is 11.2. The first-order chi connectivity index (χ1) is 35.9. The summed E-state index contributed by atoms with van der Waals surface area (Å²) >= 11 is 0. The molecule has 2 aromatic carbocycles. The molecule has 0 radical (unpaired) electrons. The molecule has 1 heterocycles. The number of aromatic carboxylic acids is 1. The Morgan fingerprint density at radius 3 is 2.16 bits per heavy atom. The van der Waals surface area contributed by atoms with E-state index in [1.807, 2.05) is 21.6 Å². The van der Waals surface area contributed by atoms with Crippen LogP contribution in [0.2, 0.25) is 0 Å². The minimum Gasteiger partial charge on any atom is -0.872 e. The van der Waals surface area contributed by atoms with E-state index < -0.39 is 67.7 Å². The van der Waals surface area contributed by atoms with Crippen LogP contribution in [-0.2, 0) is 65.7 Å². The lowest BCUT2D eigenvalue weighted by Gasteiger charge is -2.20. The molecule has 4 rings (SSSR count). The van der Waals surface area contributed by atoms with Gasteiger partial charge >= 0.3 is 29.4 Å². The van der Waals surface area contributed by atoms with Crippen LogP contribution in [0.25, 0.3) is 33.4 Å². The number of rotatable bonds is 41. The zero-order valence-corrected chi connectivity index (χ0v) is 45.0. The van der Waals surface area contributed by atoms with Gasteiger partial charge in [0.25, 0.3) is 5.91 Å². The van der Waals surface area contributed by atoms with E-state index in [4.69, 9.17) is 32.1 Å². The average Bonchev–Trinajstić information content (AvgIpc) is 3.36. The number of hydrogen-bond acceptors (Lipinski definition) is 22. The number of carbonyl (C=O) groups excluding carboxylic acids is 1. The van der Waals surface area contributed by atoms with Crippen LogP contribution in [-0.4, -0.2) is 101 Å². The number of nitrogens with one attached hydrogen (secondary N) is 1. The van der Waals surface area contributed by atoms with Gasteiger partial charge in [0.05, 0.1) is 38.6 Å². The van der Waals surface area contributed by atoms with Crippen LogP contribution in [0, 0.1) is 5.92 Å². The molecule has 1 aliphatic carbocycles. The van der Waals surface area contributed by atoms with Crippen LogP contribution >= 0.6 is 45.1 Å². The molecule has 0 saturated heterocycles. The SMILES string of the molecule is CCOP(=O)(O)OCC(CCCCNC(=O)c1ccc(-c2c3ccc(=O)cc-3oc3cc([O-])ccc23)c(C(=O)O)c1)COP(=O)(O)O/C=C/OOOOOCCOP(=O)(O)OCCCCCCSSCCCCCO. The summed E-state index contributed by atoms with van der Waals surface area (Å²) in [5, 5.41) is 46.7. The standard InChI is InChI=1S/C45H62NO24P3S2/c1-2-61-71(53,54)65-31-33(32-66-73(57,58)64-25-23-60-69-70-68-59-22-24-63-72(55,56)62-21-9-3-4-10-26-74-75-27-11-5-8-20-47)12-6-7-19-46-44(50)34-13-16-37(40(28-34)45(51)52)43-38-17-14-35(48)29-41(38)67-42-30-36(49)15-18-39(42)43/h13-18,23,25,28-30,33,47-48H,2-12,19-22,24,26-27,31-32H2,1H3,(H,46,50)(H,51,52)(H,53,54)(H,55,56)(H,57,58)/p-1/b25-23+. The summed E-state index contributed by atoms with van der Waals surface area (Å²) in [7, 11) is -10.0. The Kier molecular flexibility index (Phi) is 28.9. The third-order valence-electron chi connectivity index (χ3n) is 10.2. The Morgan fingerprint density at radius 2 is 1.43 bits per heavy atom. The number of phosphoric ester groups is 3. The molecule has 0 bridgehead atoms. The predicted molar refractivity (Wildman–Crippen MR) is 270 cm³/mol. The number of aliphatic hydroxyl groups is 1. The van der Waals surface area contributed by atoms with Crippen LogP contribution in [0.4, 0.5) is 0 Å². The maximum absolute atomic E-state index is 13.2. The molecule has 0 fully saturated rings. The summed E-state index contributed by atoms with van der Waals surface area (Å²) in [4.78, 5) is 76.8. The Labute approximate surface area is 439 Å². The molecule has 418 valence electrons. The van der Waals surface area contributed by atoms with Crippen molar-refractivity contribution in [2.75, 3.05) is 64.3 Å². The van der Waals surface area contributed by atoms with E-state index in [0.717, 1.165) is 50.0 Å². The highest BCUT2D eigenvalue weighted by molar-refractivity contribution is 8.76. The number of fused-ring (bicyclic) bond motifs is 2. The van der Waals surface area contributed by atoms with E-state index in [-0.39, 0.29) is 72.0 Å². The minimum absolute atomic E-state index is 0.0142. The number of benzene rings is 3. The number of carboxylic acid groups (broad SMARTS) is 1. The number of carboxylic acids is 1. The first-order valence-corrected chi connectivity index (χ1v) is 30.4. The van der Waals surface area contributed by atoms with Crippen molar-refractivity contribution < 1.29 is 110 Å². The smallest absolute Gasteiger partial charge is 0.526 e. The molecule has 2 aliphatic rings. The van der Waals surface area contributed by atoms with Gasteiger partial charge in [-0.25, -0.2) is 23.4 Å². The predicted octanol–water partition coefficient (Wildman–Crippen LogP) is 8.59. The second-order valence-electron chi connectivity index (χ2n) is 15.9. The Morgan fingerprint density at radius 1 is 0.733 bits per heavy atom. The van der Waals surface area contributed by atoms with Crippen LogP contribution in [0.1, 0.15) is 91.8 Å². The van der Waals surface area contributed by atoms with Gasteiger partial charge in [-0.05, 0) is 86.4 Å². The summed E-state index contributed by atoms with van der Waals surface area (Å²) in [6, 6.07) is 12.1. The first-order valence-electron chi connectivity index (χ1n) is 23.5. The van der Waals surface area contributed by atoms with Crippen molar-refractivity contribution in [2.45, 2.75) is 71.1 Å². The van der Waals surface area contributed by atoms with Gasteiger partial charge in [-0.15, -0.1) is 5.75 Å². The van der Waals surface area contributed by atoms with Gasteiger partial charge in [0.1, 0.15) is 24.2 Å². The average molecular weight is 1160 g/mol. The molecule has 0 aromatic heterocycles. The second kappa shape index (κ2) is 34.1. The normalized spacial score (nSPS) is 14.6. The summed E-state index contributed by atoms with van der Waals surface area (Å²) in [6.07, 6.45) is 8.27. The number of aliphatic hydroxyl groups excluding tert-OH is 1. The molecule has 25 nitrogen and oxygen atoms in total. The van der Waals surface area contributed by atoms with Crippen molar-refractivity contribution in [3.05, 3.63) is 88.5 Å². The largest absolute Gasteiger partial charge is 0.872 e. The molecule has 30 heteroatoms. The Hall–Kier alpha value is -3.92. The van der Waals surface area contributed by atoms with Gasteiger partial charge in [-0.2, -0.15) is 0 Å². The van der Waals surface area contributed by atoms with Crippen LogP contribution in [0.5, 0.6) is 5.75 Å². The second-order valence-corrected chi connectivity index (χ2v) is 22.9. The molecule has 75 heavy (non-hydrogen) atoms. The fourth-order valence-electron chi connectivity index (χ4n) is 6.74. The van der Waals surface area contributed by atoms with E-state index in [1.165, 1.54) is 61.5 Å². The van der Waals surface area contributed by atoms with Crippen molar-refractivity contribution in [3.8, 4) is 28.2 Å². The first kappa shape index (κ1) is 63.6. The van der Waals surface area contributed by atoms with Crippen LogP contribution in [0.3, 0.4) is 0 Å². The number of amides is 1. The third kappa shape index (κ3) is 24.5. The van der Waals surface area contributed by atoms with Crippen molar-refractivity contribution in [3.63, 3.8) is 0 Å². The lowest BCUT2D eigenvalue weighted by molar-refractivity contribution is -0.700. The Bertz CT molecular complexity index is 2590. The molecule has 0 saturated carbocycles. The maximum Gasteiger partial charge on any atom is 0.526 e. The molecule has 2 aromatic rings. The van der Waals surface area contributed by atoms with Crippen molar-refractivity contribution in [2.24, 2.45) is 5.92 Å². The van der Waals surface area contributed by atoms with Gasteiger partial charge < -0.3 is 44.3 Å². The maximum atomic E-state index is 13.2. The molecule has 0 spiro atoms. The Balaban J connectivity index is 1.14. The van der Waals surface area contributed by atoms with Crippen molar-refractivity contribution >= 4 is 67.9 Å². The summed E-state index contributed by atoms with van der Waals surface area (Å²) in [5.74, 6) is -0.916. The molecule has 6 N–H and O–H groups in total. The molecular weight excluding hydrogens is 1100 g/mol. The number of phosphoric acid groups is 3. The minimum atomic E-state index is -4.83. The molecule has 1 aliphatic heterocycles. The lowest BCUT2D eigenvalue weighted by Crippen LogP contribution is -2.25. The number of carbonyl (C=O) groups is 2. The van der Waals surface area contributed by atoms with E-state index in [9.17, 15) is 53.0 Å². The zero-order valence-electron chi connectivity index (χ0n) is 40.7. The van der Waals surface area contributed by atoms with E-state index in [0.29, 0.717) is 48.3 Å². The van der Waals surface area contributed by atoms with E-state index in [2.05, 4.69) is 34.7 Å². The van der Waals surface area contributed by atoms with E-state index in [1.54, 1.807) is 0 Å². The van der Waals surface area contributed by atoms with Crippen LogP contribution in [0.15, 0.2) is 76.3 Å². The molecule has 1 amide bonds. The molecule has 4 atom stereocenters. The van der Waals surface area contributed by atoms with E-state index >= 15 is 0 Å². The lowest BCUT2D eigenvalue weighted by atomic mass is 9.90. The zero-order chi connectivity index (χ0) is 54.5. The third-order valence-corrected chi connectivity index (χ3v) is 15.7. The van der Waals surface area contributed by atoms with Gasteiger partial charge in [-0.1, -0.05) is 65.5 Å². The summed E-state index contributed by atoms with van der Waals surface area (Å²) in [5.41, 5.74) is 0.530. The highest BCUT2D eigenvalue weighted by Gasteiger charge is 2.28. The van der Waals surface area contributed by atoms with Crippen LogP contribution < -0.4 is 15.9 Å². The summed E-state index contributed by atoms with van der Waals surface area (Å²) < 4.78 is 71.7. The van der Waals surface area contributed by atoms with Gasteiger partial charge in [0, 0.05) is 68.8 Å². The topological polar surface area (TPSA) is 353 Å². The number of hydrogen-bond donors (Lipinski definition) is 6. The molecular formula is C45H61NO24P3S2-. The quantitative estimate of drug-likeness (QED) is 0.00460. The fraction of sp³-hybridized carbons (Fsp3) is 0.489. The number of unbranched alkanes of at least 4 members (excludes halogenated alkanes) is 6. The van der Waals surface area contributed by atoms with Crippen molar-refractivity contribution in [1.82, 2.24) is 5.32 Å². The van der Waals surface area contributed by atoms with Gasteiger partial charge in [0.15, 0.2) is 11.7 Å². The highest BCUT2D eigenvalue weighted by Crippen LogP contribution is 2.47. The monoisotopic (exact) mass is 1160 g/mol. The molecule has 4 unspecified atom stereocenters. The van der Waals surface area contributed by atoms with Gasteiger partial charge in [0.2, 0.25) is 0 Å². The van der Waals surface area contributed by atoms with Gasteiger partial charge in [-0.3, -0.25) is 37.1 Å². The van der Waals surface area contributed by atoms with Crippen molar-refractivity contribution in [1.29, 1.82) is 0 Å². The summed E-state index contributed by atoms with van der Waals surface area (Å²) in [6.45, 7) is -0.149. The highest BCUT2D eigenvalue weighted by atomic mass is 33.1.